The van der Waals surface area contributed by atoms with Crippen LogP contribution in [0.1, 0.15) is 135 Å². The summed E-state index contributed by atoms with van der Waals surface area (Å²) in [6, 6.07) is 8.05. The molecule has 0 radical (unpaired) electrons. The van der Waals surface area contributed by atoms with E-state index in [1.54, 1.807) is 31.1 Å². The summed E-state index contributed by atoms with van der Waals surface area (Å²) in [6.07, 6.45) is 0.483. The van der Waals surface area contributed by atoms with E-state index in [-0.39, 0.29) is 89.3 Å². The Morgan fingerprint density at radius 1 is 0.662 bits per heavy atom. The summed E-state index contributed by atoms with van der Waals surface area (Å²) in [5.74, 6) is 0.936. The number of halogens is 8. The lowest BCUT2D eigenvalue weighted by Gasteiger charge is -2.47. The van der Waals surface area contributed by atoms with Crippen LogP contribution in [-0.2, 0) is 34.9 Å². The Labute approximate surface area is 453 Å². The molecule has 17 nitrogen and oxygen atoms in total. The van der Waals surface area contributed by atoms with E-state index in [1.807, 2.05) is 62.3 Å². The molecule has 77 heavy (non-hydrogen) atoms. The summed E-state index contributed by atoms with van der Waals surface area (Å²) < 4.78 is 92.2. The maximum absolute atomic E-state index is 13.6. The molecule has 3 aromatic heterocycles. The SMILES string of the molecule is CC[C@@H]1CC(N(Cc2cc(Cl)cc(C(F)(F)F)c2)c2ncc(-c3nn[nH]n3)cn2)C[C@H](CC)N1C(=O)OC(C)C.CC[C@@H]1CC(N(Cc2cc(Cl)cc(C(F)(F)F)c2)c2ncc(C#N)cn2)C[C@H](CC)N1C(=O)OC(C)C. The van der Waals surface area contributed by atoms with Gasteiger partial charge in [-0.15, -0.1) is 10.2 Å². The minimum atomic E-state index is -4.55. The number of carbonyl (C=O) groups excluding carboxylic acids is 2. The Kier molecular flexibility index (Phi) is 20.3. The fraction of sp³-hybridized carbons (Fsp3) is 0.538. The Bertz CT molecular complexity index is 2740. The van der Waals surface area contributed by atoms with Crippen LogP contribution in [0.2, 0.25) is 10.0 Å². The predicted molar refractivity (Wildman–Crippen MR) is 276 cm³/mol. The van der Waals surface area contributed by atoms with Crippen molar-refractivity contribution in [2.24, 2.45) is 0 Å². The number of H-pyrrole nitrogens is 1. The van der Waals surface area contributed by atoms with Crippen molar-refractivity contribution in [1.82, 2.24) is 50.4 Å². The molecule has 6 atom stereocenters. The van der Waals surface area contributed by atoms with Gasteiger partial charge in [-0.2, -0.15) is 36.8 Å². The van der Waals surface area contributed by atoms with E-state index < -0.39 is 23.5 Å². The van der Waals surface area contributed by atoms with Gasteiger partial charge in [-0.05, 0) is 132 Å². The minimum Gasteiger partial charge on any atom is -0.447 e. The zero-order valence-electron chi connectivity index (χ0n) is 44.0. The molecule has 416 valence electrons. The van der Waals surface area contributed by atoms with Crippen LogP contribution in [0.3, 0.4) is 0 Å². The largest absolute Gasteiger partial charge is 0.447 e. The van der Waals surface area contributed by atoms with Crippen molar-refractivity contribution >= 4 is 47.3 Å². The number of aromatic nitrogens is 8. The number of aromatic amines is 1. The first-order chi connectivity index (χ1) is 36.5. The number of nitriles is 1. The lowest BCUT2D eigenvalue weighted by molar-refractivity contribution is -0.138. The summed E-state index contributed by atoms with van der Waals surface area (Å²) >= 11 is 12.2. The topological polar surface area (TPSA) is 195 Å². The van der Waals surface area contributed by atoms with E-state index in [2.05, 4.69) is 40.6 Å². The van der Waals surface area contributed by atoms with Crippen LogP contribution < -0.4 is 9.80 Å². The monoisotopic (exact) mass is 1120 g/mol. The molecule has 5 aromatic rings. The molecule has 2 amide bonds. The van der Waals surface area contributed by atoms with Gasteiger partial charge >= 0.3 is 24.5 Å². The molecule has 0 bridgehead atoms. The summed E-state index contributed by atoms with van der Waals surface area (Å²) in [5, 5.41) is 22.9. The highest BCUT2D eigenvalue weighted by molar-refractivity contribution is 6.31. The number of alkyl halides is 6. The molecule has 0 spiro atoms. The van der Waals surface area contributed by atoms with Crippen LogP contribution in [0, 0.1) is 11.3 Å². The van der Waals surface area contributed by atoms with E-state index in [4.69, 9.17) is 37.9 Å². The molecule has 25 heteroatoms. The van der Waals surface area contributed by atoms with Crippen molar-refractivity contribution in [3.8, 4) is 17.5 Å². The van der Waals surface area contributed by atoms with Gasteiger partial charge in [0.2, 0.25) is 17.7 Å². The van der Waals surface area contributed by atoms with Crippen LogP contribution in [-0.4, -0.2) is 111 Å². The number of hydrogen-bond donors (Lipinski definition) is 1. The average Bonchev–Trinajstić information content (AvgIpc) is 3.94. The van der Waals surface area contributed by atoms with Gasteiger partial charge in [-0.25, -0.2) is 29.5 Å². The van der Waals surface area contributed by atoms with Crippen molar-refractivity contribution in [3.63, 3.8) is 0 Å². The number of piperidine rings is 2. The lowest BCUT2D eigenvalue weighted by atomic mass is 9.87. The minimum absolute atomic E-state index is 0.0118. The van der Waals surface area contributed by atoms with Crippen LogP contribution in [0.15, 0.2) is 61.2 Å². The normalized spacial score (nSPS) is 19.8. The number of benzene rings is 2. The molecule has 7 rings (SSSR count). The Hall–Kier alpha value is -6.54. The quantitative estimate of drug-likeness (QED) is 0.0972. The predicted octanol–water partition coefficient (Wildman–Crippen LogP) is 12.5. The van der Waals surface area contributed by atoms with E-state index >= 15 is 0 Å². The Morgan fingerprint density at radius 3 is 1.35 bits per heavy atom. The van der Waals surface area contributed by atoms with E-state index in [0.717, 1.165) is 24.3 Å². The third-order valence-electron chi connectivity index (χ3n) is 13.4. The van der Waals surface area contributed by atoms with E-state index in [0.29, 0.717) is 85.8 Å². The summed E-state index contributed by atoms with van der Waals surface area (Å²) in [6.45, 7) is 15.4. The van der Waals surface area contributed by atoms with Gasteiger partial charge in [0.1, 0.15) is 6.07 Å². The van der Waals surface area contributed by atoms with Gasteiger partial charge < -0.3 is 29.1 Å². The smallest absolute Gasteiger partial charge is 0.416 e. The number of carbonyl (C=O) groups is 2. The Balaban J connectivity index is 0.000000250. The van der Waals surface area contributed by atoms with Crippen LogP contribution >= 0.6 is 23.2 Å². The molecule has 0 saturated carbocycles. The highest BCUT2D eigenvalue weighted by Crippen LogP contribution is 2.38. The molecule has 0 aliphatic carbocycles. The first-order valence-corrected chi connectivity index (χ1v) is 26.2. The summed E-state index contributed by atoms with van der Waals surface area (Å²) in [4.78, 5) is 51.1. The Morgan fingerprint density at radius 2 is 1.04 bits per heavy atom. The number of tetrazole rings is 1. The van der Waals surface area contributed by atoms with Gasteiger partial charge in [-0.3, -0.25) is 0 Å². The summed E-state index contributed by atoms with van der Waals surface area (Å²) in [5.41, 5.74) is -0.130. The number of anilines is 2. The number of rotatable bonds is 15. The van der Waals surface area contributed by atoms with Crippen molar-refractivity contribution < 1.29 is 45.4 Å². The molecule has 2 aliphatic rings. The molecule has 5 heterocycles. The van der Waals surface area contributed by atoms with Crippen molar-refractivity contribution in [1.29, 1.82) is 5.26 Å². The van der Waals surface area contributed by atoms with Gasteiger partial charge in [0, 0.05) is 71.8 Å². The molecule has 2 unspecified atom stereocenters. The zero-order chi connectivity index (χ0) is 56.4. The zero-order valence-corrected chi connectivity index (χ0v) is 45.5. The first-order valence-electron chi connectivity index (χ1n) is 25.5. The molecular formula is C52H63Cl2F6N13O4. The number of likely N-dealkylation sites (tertiary alicyclic amines) is 2. The maximum Gasteiger partial charge on any atom is 0.416 e. The molecular weight excluding hydrogens is 1060 g/mol. The van der Waals surface area contributed by atoms with Gasteiger partial charge in [-0.1, -0.05) is 50.9 Å². The first kappa shape index (κ1) is 59.7. The van der Waals surface area contributed by atoms with Gasteiger partial charge in [0.25, 0.3) is 0 Å². The molecule has 1 N–H and O–H groups in total. The lowest BCUT2D eigenvalue weighted by Crippen LogP contribution is -2.57. The second kappa shape index (κ2) is 26.2. The van der Waals surface area contributed by atoms with Crippen molar-refractivity contribution in [2.75, 3.05) is 9.80 Å². The highest BCUT2D eigenvalue weighted by atomic mass is 35.5. The molecule has 2 saturated heterocycles. The fourth-order valence-corrected chi connectivity index (χ4v) is 10.4. The average molecular weight is 1120 g/mol. The molecule has 2 aromatic carbocycles. The number of ether oxygens (including phenoxy) is 2. The second-order valence-electron chi connectivity index (χ2n) is 19.5. The third-order valence-corrected chi connectivity index (χ3v) is 13.8. The molecule has 2 aliphatic heterocycles. The second-order valence-corrected chi connectivity index (χ2v) is 20.4. The fourth-order valence-electron chi connectivity index (χ4n) is 9.91. The highest BCUT2D eigenvalue weighted by Gasteiger charge is 2.43. The van der Waals surface area contributed by atoms with Gasteiger partial charge in [0.15, 0.2) is 0 Å². The van der Waals surface area contributed by atoms with Crippen LogP contribution in [0.4, 0.5) is 47.8 Å². The van der Waals surface area contributed by atoms with Crippen LogP contribution in [0.25, 0.3) is 11.4 Å². The maximum atomic E-state index is 13.6. The molecule has 2 fully saturated rings. The third kappa shape index (κ3) is 15.6. The number of hydrogen-bond acceptors (Lipinski definition) is 14. The number of nitrogens with zero attached hydrogens (tertiary/aromatic N) is 12. The van der Waals surface area contributed by atoms with E-state index in [1.165, 1.54) is 24.5 Å². The van der Waals surface area contributed by atoms with Gasteiger partial charge in [0.05, 0.1) is 46.9 Å². The van der Waals surface area contributed by atoms with E-state index in [9.17, 15) is 35.9 Å². The van der Waals surface area contributed by atoms with Crippen molar-refractivity contribution in [2.45, 2.75) is 181 Å². The summed E-state index contributed by atoms with van der Waals surface area (Å²) in [7, 11) is 0. The van der Waals surface area contributed by atoms with Crippen molar-refractivity contribution in [3.05, 3.63) is 99.0 Å². The van der Waals surface area contributed by atoms with Crippen LogP contribution in [0.5, 0.6) is 0 Å². The number of nitrogens with one attached hydrogen (secondary N) is 1. The standard InChI is InChI=1S/C26H32ClF3N8O2.C26H31ClF3N5O2/c1-5-20-10-22(11-21(6-2)38(20)25(39)40-15(3)4)37(14-16-7-18(26(28,29)30)9-19(27)8-16)24-31-12-17(13-32-24)23-33-35-36-34-23;1-5-21-10-23(11-22(6-2)35(21)25(36)37-16(3)4)34(24-32-13-18(12-31)14-33-24)15-17-7-19(26(28,29)30)9-20(27)8-17/h7-9,12-13,15,20-22H,5-6,10-11,14H2,1-4H3,(H,33,34,35,36);7-9,13-14,16,21-23H,5-6,10-11,15H2,1-4H3/t20-,21+,22?;21-,22+,23?. The number of amides is 2.